The summed E-state index contributed by atoms with van der Waals surface area (Å²) in [6.45, 7) is 4.30. The fourth-order valence-corrected chi connectivity index (χ4v) is 2.31. The summed E-state index contributed by atoms with van der Waals surface area (Å²) in [6, 6.07) is 6.12. The molecule has 0 spiro atoms. The highest BCUT2D eigenvalue weighted by Crippen LogP contribution is 2.26. The van der Waals surface area contributed by atoms with Gasteiger partial charge in [-0.25, -0.2) is 0 Å². The van der Waals surface area contributed by atoms with E-state index in [2.05, 4.69) is 6.07 Å². The Hall–Kier alpha value is -0.710. The second kappa shape index (κ2) is 8.39. The molecule has 0 saturated carbocycles. The average molecular weight is 255 g/mol. The van der Waals surface area contributed by atoms with Crippen LogP contribution in [0.4, 0.5) is 5.69 Å². The lowest BCUT2D eigenvalue weighted by atomic mass is 10.2. The number of nitrogen functional groups attached to an aromatic ring is 1. The molecule has 0 saturated heterocycles. The maximum Gasteiger partial charge on any atom is 0.0560 e. The molecule has 0 radical (unpaired) electrons. The van der Waals surface area contributed by atoms with Crippen molar-refractivity contribution in [2.24, 2.45) is 0 Å². The first-order chi connectivity index (χ1) is 8.25. The van der Waals surface area contributed by atoms with Crippen LogP contribution in [-0.4, -0.2) is 32.7 Å². The Balaban J connectivity index is 2.16. The number of anilines is 1. The van der Waals surface area contributed by atoms with Crippen molar-refractivity contribution in [1.29, 1.82) is 0 Å². The second-order valence-corrected chi connectivity index (χ2v) is 4.93. The van der Waals surface area contributed by atoms with Gasteiger partial charge in [-0.05, 0) is 25.0 Å². The maximum atomic E-state index is 5.98. The van der Waals surface area contributed by atoms with Crippen LogP contribution in [0.15, 0.2) is 23.1 Å². The zero-order valence-electron chi connectivity index (χ0n) is 10.6. The molecule has 4 heteroatoms. The summed E-state index contributed by atoms with van der Waals surface area (Å²) < 4.78 is 10.4. The van der Waals surface area contributed by atoms with Crippen molar-refractivity contribution in [3.63, 3.8) is 0 Å². The van der Waals surface area contributed by atoms with Gasteiger partial charge >= 0.3 is 0 Å². The molecule has 0 aromatic heterocycles. The van der Waals surface area contributed by atoms with Crippen molar-refractivity contribution < 1.29 is 9.47 Å². The predicted molar refractivity (Wildman–Crippen MR) is 73.6 cm³/mol. The molecule has 96 valence electrons. The van der Waals surface area contributed by atoms with Crippen LogP contribution in [-0.2, 0) is 9.47 Å². The van der Waals surface area contributed by atoms with E-state index in [0.29, 0.717) is 0 Å². The lowest BCUT2D eigenvalue weighted by Gasteiger charge is -2.08. The van der Waals surface area contributed by atoms with Crippen LogP contribution in [0.5, 0.6) is 0 Å². The van der Waals surface area contributed by atoms with Crippen molar-refractivity contribution in [2.75, 3.05) is 38.4 Å². The lowest BCUT2D eigenvalue weighted by Crippen LogP contribution is -2.02. The second-order valence-electron chi connectivity index (χ2n) is 3.79. The van der Waals surface area contributed by atoms with Gasteiger partial charge in [-0.1, -0.05) is 12.1 Å². The van der Waals surface area contributed by atoms with E-state index in [1.807, 2.05) is 19.1 Å². The van der Waals surface area contributed by atoms with Gasteiger partial charge in [0.1, 0.15) is 0 Å². The third-order valence-corrected chi connectivity index (χ3v) is 3.44. The van der Waals surface area contributed by atoms with Crippen LogP contribution in [0, 0.1) is 6.92 Å². The molecule has 0 amide bonds. The minimum absolute atomic E-state index is 0.752. The molecular weight excluding hydrogens is 234 g/mol. The first-order valence-corrected chi connectivity index (χ1v) is 6.79. The van der Waals surface area contributed by atoms with Crippen LogP contribution in [0.2, 0.25) is 0 Å². The zero-order chi connectivity index (χ0) is 12.5. The highest BCUT2D eigenvalue weighted by molar-refractivity contribution is 7.99. The Kier molecular flexibility index (Phi) is 7.08. The van der Waals surface area contributed by atoms with Gasteiger partial charge in [-0.15, -0.1) is 11.8 Å². The van der Waals surface area contributed by atoms with Crippen LogP contribution >= 0.6 is 11.8 Å². The molecule has 0 bridgehead atoms. The van der Waals surface area contributed by atoms with Gasteiger partial charge < -0.3 is 15.2 Å². The largest absolute Gasteiger partial charge is 0.398 e. The maximum absolute atomic E-state index is 5.98. The molecule has 1 aromatic carbocycles. The van der Waals surface area contributed by atoms with Gasteiger partial charge in [0.2, 0.25) is 0 Å². The van der Waals surface area contributed by atoms with E-state index < -0.39 is 0 Å². The average Bonchev–Trinajstić information content (AvgIpc) is 2.33. The topological polar surface area (TPSA) is 44.5 Å². The van der Waals surface area contributed by atoms with Crippen LogP contribution in [0.1, 0.15) is 12.0 Å². The zero-order valence-corrected chi connectivity index (χ0v) is 11.4. The molecule has 0 aliphatic carbocycles. The number of thioether (sulfide) groups is 1. The van der Waals surface area contributed by atoms with Crippen molar-refractivity contribution in [3.05, 3.63) is 23.8 Å². The lowest BCUT2D eigenvalue weighted by molar-refractivity contribution is 0.113. The number of nitrogens with two attached hydrogens (primary N) is 1. The van der Waals surface area contributed by atoms with Crippen molar-refractivity contribution >= 4 is 17.4 Å². The summed E-state index contributed by atoms with van der Waals surface area (Å²) in [5, 5.41) is 0. The molecule has 2 N–H and O–H groups in total. The van der Waals surface area contributed by atoms with Gasteiger partial charge in [0.25, 0.3) is 0 Å². The number of methoxy groups -OCH3 is 1. The molecule has 0 aliphatic heterocycles. The van der Waals surface area contributed by atoms with Gasteiger partial charge in [-0.3, -0.25) is 0 Å². The molecule has 0 heterocycles. The number of aryl methyl sites for hydroxylation is 1. The minimum atomic E-state index is 0.752. The number of rotatable bonds is 8. The van der Waals surface area contributed by atoms with Gasteiger partial charge in [0.15, 0.2) is 0 Å². The third kappa shape index (κ3) is 5.44. The van der Waals surface area contributed by atoms with E-state index in [0.717, 1.165) is 48.1 Å². The standard InChI is InChI=1S/C13H21NO2S/c1-11-5-3-6-12(13(11)14)17-10-9-16-8-4-7-15-2/h3,5-6H,4,7-10,14H2,1-2H3. The van der Waals surface area contributed by atoms with E-state index in [9.17, 15) is 0 Å². The Bertz CT molecular complexity index is 331. The monoisotopic (exact) mass is 255 g/mol. The fraction of sp³-hybridized carbons (Fsp3) is 0.538. The SMILES string of the molecule is COCCCOCCSc1cccc(C)c1N. The molecule has 0 aliphatic rings. The molecule has 3 nitrogen and oxygen atoms in total. The summed E-state index contributed by atoms with van der Waals surface area (Å²) in [6.07, 6.45) is 0.952. The first-order valence-electron chi connectivity index (χ1n) is 5.80. The minimum Gasteiger partial charge on any atom is -0.398 e. The molecule has 17 heavy (non-hydrogen) atoms. The van der Waals surface area contributed by atoms with Crippen molar-refractivity contribution in [2.45, 2.75) is 18.2 Å². The van der Waals surface area contributed by atoms with E-state index in [1.54, 1.807) is 18.9 Å². The Morgan fingerprint density at radius 2 is 2.06 bits per heavy atom. The highest BCUT2D eigenvalue weighted by Gasteiger charge is 2.01. The van der Waals surface area contributed by atoms with Gasteiger partial charge in [0.05, 0.1) is 6.61 Å². The molecule has 1 rings (SSSR count). The number of hydrogen-bond donors (Lipinski definition) is 1. The van der Waals surface area contributed by atoms with Crippen molar-refractivity contribution in [1.82, 2.24) is 0 Å². The van der Waals surface area contributed by atoms with E-state index in [-0.39, 0.29) is 0 Å². The van der Waals surface area contributed by atoms with E-state index in [4.69, 9.17) is 15.2 Å². The van der Waals surface area contributed by atoms with E-state index in [1.165, 1.54) is 0 Å². The summed E-state index contributed by atoms with van der Waals surface area (Å²) >= 11 is 1.74. The Morgan fingerprint density at radius 3 is 2.82 bits per heavy atom. The normalized spacial score (nSPS) is 10.7. The Morgan fingerprint density at radius 1 is 1.24 bits per heavy atom. The number of benzene rings is 1. The predicted octanol–water partition coefficient (Wildman–Crippen LogP) is 2.72. The van der Waals surface area contributed by atoms with Crippen LogP contribution < -0.4 is 5.73 Å². The summed E-state index contributed by atoms with van der Waals surface area (Å²) in [7, 11) is 1.70. The quantitative estimate of drug-likeness (QED) is 0.441. The summed E-state index contributed by atoms with van der Waals surface area (Å²) in [5.74, 6) is 0.931. The molecular formula is C13H21NO2S. The molecule has 0 atom stereocenters. The van der Waals surface area contributed by atoms with Crippen molar-refractivity contribution in [3.8, 4) is 0 Å². The highest BCUT2D eigenvalue weighted by atomic mass is 32.2. The summed E-state index contributed by atoms with van der Waals surface area (Å²) in [5.41, 5.74) is 8.01. The molecule has 0 fully saturated rings. The molecule has 1 aromatic rings. The Labute approximate surface area is 108 Å². The first kappa shape index (κ1) is 14.4. The smallest absolute Gasteiger partial charge is 0.0560 e. The number of para-hydroxylation sites is 1. The number of hydrogen-bond acceptors (Lipinski definition) is 4. The van der Waals surface area contributed by atoms with Gasteiger partial charge in [0, 0.05) is 36.7 Å². The summed E-state index contributed by atoms with van der Waals surface area (Å²) in [4.78, 5) is 1.14. The third-order valence-electron chi connectivity index (χ3n) is 2.41. The van der Waals surface area contributed by atoms with E-state index >= 15 is 0 Å². The van der Waals surface area contributed by atoms with Gasteiger partial charge in [-0.2, -0.15) is 0 Å². The fourth-order valence-electron chi connectivity index (χ4n) is 1.40. The number of ether oxygens (including phenoxy) is 2. The molecule has 0 unspecified atom stereocenters. The van der Waals surface area contributed by atoms with Crippen LogP contribution in [0.25, 0.3) is 0 Å². The van der Waals surface area contributed by atoms with Crippen LogP contribution in [0.3, 0.4) is 0 Å².